The SMILES string of the molecule is CC1=C(C)C(C)=[C]([Zr+2]([SiH2]c2ccc(C)cc2)[C]2=CC=CC2)C1.[Cl-].[Cl-]. The molecule has 0 bridgehead atoms. The van der Waals surface area contributed by atoms with Crippen LogP contribution in [0.15, 0.2) is 65.8 Å². The van der Waals surface area contributed by atoms with Crippen LogP contribution in [0.3, 0.4) is 0 Å². The first-order valence-corrected chi connectivity index (χ1v) is 17.3. The van der Waals surface area contributed by atoms with E-state index in [0.29, 0.717) is 0 Å². The van der Waals surface area contributed by atoms with Gasteiger partial charge in [0.05, 0.1) is 0 Å². The van der Waals surface area contributed by atoms with Gasteiger partial charge in [0.15, 0.2) is 0 Å². The predicted octanol–water partition coefficient (Wildman–Crippen LogP) is -1.81. The Hall–Kier alpha value is -0.140. The van der Waals surface area contributed by atoms with E-state index in [-0.39, 0.29) is 31.5 Å². The summed E-state index contributed by atoms with van der Waals surface area (Å²) in [6.45, 7) is 9.09. The van der Waals surface area contributed by atoms with Gasteiger partial charge in [-0.2, -0.15) is 0 Å². The maximum absolute atomic E-state index is 2.46. The zero-order chi connectivity index (χ0) is 15.7. The van der Waals surface area contributed by atoms with Gasteiger partial charge in [-0.15, -0.1) is 0 Å². The van der Waals surface area contributed by atoms with Crippen molar-refractivity contribution in [1.82, 2.24) is 0 Å². The molecule has 4 heteroatoms. The topological polar surface area (TPSA) is 0 Å². The molecule has 0 spiro atoms. The number of halogens is 2. The molecule has 0 nitrogen and oxygen atoms in total. The number of aryl methyl sites for hydroxylation is 1. The summed E-state index contributed by atoms with van der Waals surface area (Å²) in [5.41, 5.74) is 6.24. The minimum absolute atomic E-state index is 0. The van der Waals surface area contributed by atoms with Crippen LogP contribution in [0.5, 0.6) is 0 Å². The molecule has 0 N–H and O–H groups in total. The van der Waals surface area contributed by atoms with Gasteiger partial charge in [-0.3, -0.25) is 0 Å². The second-order valence-electron chi connectivity index (χ2n) is 6.65. The minimum Gasteiger partial charge on any atom is -1.00 e. The van der Waals surface area contributed by atoms with Crippen molar-refractivity contribution in [3.63, 3.8) is 0 Å². The van der Waals surface area contributed by atoms with Crippen LogP contribution >= 0.6 is 0 Å². The first-order chi connectivity index (χ1) is 10.6. The molecule has 0 saturated carbocycles. The Balaban J connectivity index is 0.00000144. The van der Waals surface area contributed by atoms with Gasteiger partial charge in [-0.25, -0.2) is 0 Å². The number of hydrogen-bond acceptors (Lipinski definition) is 0. The fourth-order valence-corrected chi connectivity index (χ4v) is 21.9. The monoisotopic (exact) mass is 453 g/mol. The molecule has 0 radical (unpaired) electrons. The molecule has 24 heavy (non-hydrogen) atoms. The van der Waals surface area contributed by atoms with Crippen LogP contribution in [-0.4, -0.2) is 6.65 Å². The van der Waals surface area contributed by atoms with Crippen molar-refractivity contribution in [1.29, 1.82) is 0 Å². The van der Waals surface area contributed by atoms with Crippen LogP contribution in [0.2, 0.25) is 0 Å². The maximum atomic E-state index is 2.46. The summed E-state index contributed by atoms with van der Waals surface area (Å²) in [6, 6.07) is 9.41. The summed E-state index contributed by atoms with van der Waals surface area (Å²) >= 11 is -1.62. The number of allylic oxidation sites excluding steroid dienone is 8. The van der Waals surface area contributed by atoms with Crippen molar-refractivity contribution < 1.29 is 45.7 Å². The fraction of sp³-hybridized carbons (Fsp3) is 0.300. The van der Waals surface area contributed by atoms with Crippen LogP contribution in [0, 0.1) is 6.92 Å². The van der Waals surface area contributed by atoms with E-state index in [1.807, 2.05) is 6.56 Å². The number of benzene rings is 1. The van der Waals surface area contributed by atoms with Crippen LogP contribution < -0.4 is 30.0 Å². The van der Waals surface area contributed by atoms with Gasteiger partial charge in [0.1, 0.15) is 0 Å². The molecule has 3 rings (SSSR count). The normalized spacial score (nSPS) is 16.6. The molecule has 0 saturated heterocycles. The van der Waals surface area contributed by atoms with Crippen molar-refractivity contribution in [2.45, 2.75) is 40.5 Å². The standard InChI is InChI=1S/C8H11.C7H9Si.C5H5.2ClH.Zr/c1-6-4-5-7(2)8(6)3;1-6-2-4-7(8)5-3-6;1-2-4-5-3-1;;;/h4H2,1-3H3;2-5H,8H2,1H3;1-3H,4H2;2*1H;/q;;;;;+2/p-2. The first-order valence-electron chi connectivity index (χ1n) is 8.20. The Kier molecular flexibility index (Phi) is 8.70. The average molecular weight is 456 g/mol. The van der Waals surface area contributed by atoms with Crippen LogP contribution in [0.4, 0.5) is 0 Å². The Bertz CT molecular complexity index is 712. The molecule has 0 atom stereocenters. The largest absolute Gasteiger partial charge is 1.00 e. The van der Waals surface area contributed by atoms with Crippen molar-refractivity contribution in [2.24, 2.45) is 0 Å². The Morgan fingerprint density at radius 1 is 0.917 bits per heavy atom. The molecule has 0 aliphatic heterocycles. The summed E-state index contributed by atoms with van der Waals surface area (Å²) in [5, 5.41) is 1.68. The zero-order valence-corrected chi connectivity index (χ0v) is 20.3. The van der Waals surface area contributed by atoms with Crippen LogP contribution in [-0.2, 0) is 20.9 Å². The molecule has 2 aliphatic carbocycles. The zero-order valence-electron chi connectivity index (χ0n) is 14.9. The third-order valence-electron chi connectivity index (χ3n) is 5.12. The molecule has 0 aromatic heterocycles. The molecule has 0 fully saturated rings. The van der Waals surface area contributed by atoms with Crippen molar-refractivity contribution in [3.05, 3.63) is 71.3 Å². The fourth-order valence-electron chi connectivity index (χ4n) is 3.40. The Morgan fingerprint density at radius 2 is 1.58 bits per heavy atom. The van der Waals surface area contributed by atoms with Crippen molar-refractivity contribution >= 4 is 11.8 Å². The van der Waals surface area contributed by atoms with Crippen molar-refractivity contribution in [2.75, 3.05) is 0 Å². The Labute approximate surface area is 168 Å². The predicted molar refractivity (Wildman–Crippen MR) is 96.9 cm³/mol. The molecule has 2 aliphatic rings. The molecule has 0 heterocycles. The third-order valence-corrected chi connectivity index (χ3v) is 23.1. The minimum atomic E-state index is -1.62. The van der Waals surface area contributed by atoms with Gasteiger partial charge in [0.25, 0.3) is 0 Å². The molecular formula is C20H25Cl2SiZr. The van der Waals surface area contributed by atoms with Crippen LogP contribution in [0.1, 0.15) is 39.2 Å². The molecule has 0 unspecified atom stereocenters. The first kappa shape index (κ1) is 21.9. The molecule has 0 amide bonds. The number of rotatable bonds is 4. The summed E-state index contributed by atoms with van der Waals surface area (Å²) in [5.74, 6) is 0. The van der Waals surface area contributed by atoms with Gasteiger partial charge in [0, 0.05) is 0 Å². The summed E-state index contributed by atoms with van der Waals surface area (Å²) in [7, 11) is 0. The second-order valence-corrected chi connectivity index (χ2v) is 20.0. The van der Waals surface area contributed by atoms with Gasteiger partial charge < -0.3 is 24.8 Å². The van der Waals surface area contributed by atoms with Crippen LogP contribution in [0.25, 0.3) is 0 Å². The Morgan fingerprint density at radius 3 is 2.08 bits per heavy atom. The molecule has 127 valence electrons. The quantitative estimate of drug-likeness (QED) is 0.470. The molecular weight excluding hydrogens is 430 g/mol. The molecule has 1 aromatic carbocycles. The van der Waals surface area contributed by atoms with E-state index in [2.05, 4.69) is 70.2 Å². The van der Waals surface area contributed by atoms with Crippen molar-refractivity contribution in [3.8, 4) is 0 Å². The van der Waals surface area contributed by atoms with E-state index < -0.39 is 20.9 Å². The van der Waals surface area contributed by atoms with Gasteiger partial charge in [0.2, 0.25) is 0 Å². The van der Waals surface area contributed by atoms with E-state index in [0.717, 1.165) is 0 Å². The van der Waals surface area contributed by atoms with E-state index >= 15 is 0 Å². The van der Waals surface area contributed by atoms with E-state index in [9.17, 15) is 0 Å². The smallest absolute Gasteiger partial charge is 1.00 e. The van der Waals surface area contributed by atoms with Gasteiger partial charge >= 0.3 is 145 Å². The van der Waals surface area contributed by atoms with E-state index in [1.165, 1.54) is 18.4 Å². The number of hydrogen-bond donors (Lipinski definition) is 0. The summed E-state index contributed by atoms with van der Waals surface area (Å²) < 4.78 is 3.74. The van der Waals surface area contributed by atoms with E-state index in [1.54, 1.807) is 21.9 Å². The summed E-state index contributed by atoms with van der Waals surface area (Å²) in [6.07, 6.45) is 9.62. The third kappa shape index (κ3) is 4.73. The van der Waals surface area contributed by atoms with Gasteiger partial charge in [-0.05, 0) is 0 Å². The summed E-state index contributed by atoms with van der Waals surface area (Å²) in [4.78, 5) is 0. The second kappa shape index (κ2) is 9.53. The maximum Gasteiger partial charge on any atom is -1.00 e. The van der Waals surface area contributed by atoms with Gasteiger partial charge in [-0.1, -0.05) is 0 Å². The average Bonchev–Trinajstić information content (AvgIpc) is 3.12. The van der Waals surface area contributed by atoms with E-state index in [4.69, 9.17) is 0 Å². The molecule has 1 aromatic rings.